The molecule has 0 spiro atoms. The van der Waals surface area contributed by atoms with E-state index in [-0.39, 0.29) is 0 Å². The lowest BCUT2D eigenvalue weighted by Gasteiger charge is -2.26. The molecule has 0 saturated carbocycles. The van der Waals surface area contributed by atoms with Crippen molar-refractivity contribution in [3.63, 3.8) is 0 Å². The molecule has 9 heteroatoms. The molecule has 0 rings (SSSR count). The first-order chi connectivity index (χ1) is 11.1. The number of alkyl halides is 4. The van der Waals surface area contributed by atoms with Crippen LogP contribution in [0.2, 0.25) is 0 Å². The normalized spacial score (nSPS) is 13.8. The van der Waals surface area contributed by atoms with E-state index in [0.29, 0.717) is 20.3 Å². The molecule has 0 aromatic carbocycles. The summed E-state index contributed by atoms with van der Waals surface area (Å²) in [5, 5.41) is 0. The van der Waals surface area contributed by atoms with Gasteiger partial charge in [-0.05, 0) is 20.3 Å². The highest BCUT2D eigenvalue weighted by Crippen LogP contribution is 2.25. The lowest BCUT2D eigenvalue weighted by atomic mass is 9.90. The predicted octanol–water partition coefficient (Wildman–Crippen LogP) is 3.72. The fraction of sp³-hybridized carbons (Fsp3) is 0.750. The van der Waals surface area contributed by atoms with Crippen molar-refractivity contribution >= 4 is 11.9 Å². The van der Waals surface area contributed by atoms with E-state index in [1.807, 2.05) is 0 Å². The van der Waals surface area contributed by atoms with Crippen LogP contribution in [0.5, 0.6) is 0 Å². The third-order valence-electron chi connectivity index (χ3n) is 3.40. The van der Waals surface area contributed by atoms with Crippen LogP contribution in [0.25, 0.3) is 0 Å². The quantitative estimate of drug-likeness (QED) is 0.332. The number of carbonyl (C=O) groups is 2. The van der Waals surface area contributed by atoms with E-state index >= 15 is 0 Å². The van der Waals surface area contributed by atoms with Crippen molar-refractivity contribution in [3.8, 4) is 0 Å². The van der Waals surface area contributed by atoms with Crippen LogP contribution in [0, 0.1) is 5.41 Å². The van der Waals surface area contributed by atoms with Gasteiger partial charge in [-0.25, -0.2) is 4.79 Å². The molecule has 0 aromatic heterocycles. The number of allylic oxidation sites excluding steroid dienone is 1. The van der Waals surface area contributed by atoms with Gasteiger partial charge in [0.05, 0.1) is 5.41 Å². The van der Waals surface area contributed by atoms with Crippen molar-refractivity contribution in [2.75, 3.05) is 13.2 Å². The smallest absolute Gasteiger partial charge is 0.376 e. The molecule has 0 amide bonds. The number of hydrogen-bond donors (Lipinski definition) is 0. The Balaban J connectivity index is 4.96. The summed E-state index contributed by atoms with van der Waals surface area (Å²) in [6.07, 6.45) is -0.935. The first kappa shape index (κ1) is 23.2. The number of halogens is 4. The Kier molecular flexibility index (Phi) is 7.92. The van der Waals surface area contributed by atoms with Crippen molar-refractivity contribution in [3.05, 3.63) is 12.3 Å². The lowest BCUT2D eigenvalue weighted by Crippen LogP contribution is -2.37. The van der Waals surface area contributed by atoms with Crippen LogP contribution >= 0.6 is 0 Å². The van der Waals surface area contributed by atoms with Gasteiger partial charge in [0.2, 0.25) is 0 Å². The molecular formula is C16H24F4O5. The summed E-state index contributed by atoms with van der Waals surface area (Å²) in [4.78, 5) is 23.2. The van der Waals surface area contributed by atoms with Crippen LogP contribution in [0.1, 0.15) is 41.0 Å². The molecule has 1 atom stereocenters. The molecule has 0 bridgehead atoms. The minimum absolute atomic E-state index is 0.340. The summed E-state index contributed by atoms with van der Waals surface area (Å²) < 4.78 is 65.8. The number of esters is 2. The number of carbonyl (C=O) groups excluding carboxylic acids is 2. The van der Waals surface area contributed by atoms with Crippen LogP contribution in [0.15, 0.2) is 12.3 Å². The molecule has 0 heterocycles. The number of rotatable bonds is 10. The second-order valence-corrected chi connectivity index (χ2v) is 6.37. The Morgan fingerprint density at radius 3 is 1.80 bits per heavy atom. The molecular weight excluding hydrogens is 348 g/mol. The summed E-state index contributed by atoms with van der Waals surface area (Å²) in [5.41, 5.74) is -0.900. The van der Waals surface area contributed by atoms with Crippen molar-refractivity contribution in [1.29, 1.82) is 0 Å². The van der Waals surface area contributed by atoms with Crippen LogP contribution in [0.4, 0.5) is 17.6 Å². The average Bonchev–Trinajstić information content (AvgIpc) is 2.46. The first-order valence-electron chi connectivity index (χ1n) is 7.57. The van der Waals surface area contributed by atoms with Gasteiger partial charge in [0, 0.05) is 13.8 Å². The zero-order valence-electron chi connectivity index (χ0n) is 15.0. The Morgan fingerprint density at radius 1 is 0.920 bits per heavy atom. The molecule has 0 aliphatic heterocycles. The van der Waals surface area contributed by atoms with Gasteiger partial charge in [-0.1, -0.05) is 13.5 Å². The third kappa shape index (κ3) is 8.22. The highest BCUT2D eigenvalue weighted by molar-refractivity contribution is 5.77. The first-order valence-corrected chi connectivity index (χ1v) is 7.57. The zero-order valence-corrected chi connectivity index (χ0v) is 15.0. The predicted molar refractivity (Wildman–Crippen MR) is 81.2 cm³/mol. The van der Waals surface area contributed by atoms with Crippen LogP contribution < -0.4 is 0 Å². The van der Waals surface area contributed by atoms with E-state index in [0.717, 1.165) is 0 Å². The van der Waals surface area contributed by atoms with Gasteiger partial charge in [-0.3, -0.25) is 4.79 Å². The van der Waals surface area contributed by atoms with Gasteiger partial charge >= 0.3 is 23.8 Å². The topological polar surface area (TPSA) is 61.8 Å². The monoisotopic (exact) mass is 372 g/mol. The Bertz CT molecular complexity index is 462. The van der Waals surface area contributed by atoms with E-state index in [1.165, 1.54) is 0 Å². The second-order valence-electron chi connectivity index (χ2n) is 6.37. The van der Waals surface area contributed by atoms with Gasteiger partial charge in [0.1, 0.15) is 13.2 Å². The van der Waals surface area contributed by atoms with Crippen molar-refractivity contribution in [2.24, 2.45) is 5.41 Å². The minimum Gasteiger partial charge on any atom is -0.488 e. The van der Waals surface area contributed by atoms with E-state index in [9.17, 15) is 27.2 Å². The second kappa shape index (κ2) is 8.53. The molecule has 0 N–H and O–H groups in total. The zero-order chi connectivity index (χ0) is 20.1. The summed E-state index contributed by atoms with van der Waals surface area (Å²) in [6.45, 7) is 7.42. The highest BCUT2D eigenvalue weighted by atomic mass is 19.3. The molecule has 0 radical (unpaired) electrons. The van der Waals surface area contributed by atoms with Gasteiger partial charge in [-0.2, -0.15) is 17.6 Å². The molecule has 0 aliphatic rings. The molecule has 25 heavy (non-hydrogen) atoms. The van der Waals surface area contributed by atoms with Crippen molar-refractivity contribution in [1.82, 2.24) is 0 Å². The molecule has 0 aliphatic carbocycles. The maximum atomic E-state index is 13.0. The van der Waals surface area contributed by atoms with E-state index < -0.39 is 54.3 Å². The molecule has 0 fully saturated rings. The van der Waals surface area contributed by atoms with E-state index in [4.69, 9.17) is 9.47 Å². The average molecular weight is 372 g/mol. The summed E-state index contributed by atoms with van der Waals surface area (Å²) in [6, 6.07) is 0. The van der Waals surface area contributed by atoms with Gasteiger partial charge in [0.25, 0.3) is 0 Å². The largest absolute Gasteiger partial charge is 0.488 e. The van der Waals surface area contributed by atoms with Crippen LogP contribution in [0.3, 0.4) is 0 Å². The molecule has 5 nitrogen and oxygen atoms in total. The minimum atomic E-state index is -3.74. The molecule has 0 saturated heterocycles. The van der Waals surface area contributed by atoms with E-state index in [1.54, 1.807) is 20.8 Å². The number of ether oxygens (including phenoxy) is 3. The fourth-order valence-electron chi connectivity index (χ4n) is 1.19. The molecule has 1 unspecified atom stereocenters. The fourth-order valence-corrected chi connectivity index (χ4v) is 1.19. The third-order valence-corrected chi connectivity index (χ3v) is 3.40. The van der Waals surface area contributed by atoms with Gasteiger partial charge in [0.15, 0.2) is 11.9 Å². The maximum Gasteiger partial charge on any atom is 0.376 e. The Morgan fingerprint density at radius 2 is 1.40 bits per heavy atom. The lowest BCUT2D eigenvalue weighted by molar-refractivity contribution is -0.180. The summed E-state index contributed by atoms with van der Waals surface area (Å²) >= 11 is 0. The van der Waals surface area contributed by atoms with Crippen LogP contribution in [-0.2, 0) is 23.8 Å². The molecule has 0 aromatic rings. The van der Waals surface area contributed by atoms with Crippen molar-refractivity contribution < 1.29 is 41.4 Å². The maximum absolute atomic E-state index is 13.0. The SMILES string of the molecule is C=C(OCC(COC(=O)C(C)(F)F)OC(=O)C(C)(C)CC)C(C)(F)F. The van der Waals surface area contributed by atoms with Gasteiger partial charge < -0.3 is 14.2 Å². The highest BCUT2D eigenvalue weighted by Gasteiger charge is 2.36. The Labute approximate surface area is 144 Å². The van der Waals surface area contributed by atoms with Crippen LogP contribution in [-0.4, -0.2) is 43.1 Å². The molecule has 146 valence electrons. The van der Waals surface area contributed by atoms with Crippen molar-refractivity contribution in [2.45, 2.75) is 59.0 Å². The van der Waals surface area contributed by atoms with Gasteiger partial charge in [-0.15, -0.1) is 0 Å². The summed E-state index contributed by atoms with van der Waals surface area (Å²) in [7, 11) is 0. The number of hydrogen-bond acceptors (Lipinski definition) is 5. The van der Waals surface area contributed by atoms with E-state index in [2.05, 4.69) is 11.3 Å². The Hall–Kier alpha value is -1.80. The summed E-state index contributed by atoms with van der Waals surface area (Å²) in [5.74, 6) is -10.5. The standard InChI is InChI=1S/C16H24F4O5/c1-7-14(3,4)12(21)25-11(8-23-10(2)15(5,17)18)9-24-13(22)16(6,19)20/h11H,2,7-9H2,1,3-6H3.